The summed E-state index contributed by atoms with van der Waals surface area (Å²) in [4.78, 5) is 2.88. The molecule has 2 heterocycles. The second-order valence-electron chi connectivity index (χ2n) is 7.10. The van der Waals surface area contributed by atoms with Crippen LogP contribution in [0, 0.1) is 0 Å². The number of rotatable bonds is 4. The summed E-state index contributed by atoms with van der Waals surface area (Å²) in [5.41, 5.74) is 0.517. The average Bonchev–Trinajstić information content (AvgIpc) is 2.56. The van der Waals surface area contributed by atoms with Gasteiger partial charge in [-0.1, -0.05) is 25.7 Å². The largest absolute Gasteiger partial charge is 0.312 e. The quantitative estimate of drug-likeness (QED) is 0.852. The summed E-state index contributed by atoms with van der Waals surface area (Å²) in [5, 5.41) is 3.97. The molecule has 0 atom stereocenters. The van der Waals surface area contributed by atoms with Crippen LogP contribution in [0.15, 0.2) is 0 Å². The monoisotopic (exact) mass is 296 g/mol. The van der Waals surface area contributed by atoms with E-state index < -0.39 is 0 Å². The van der Waals surface area contributed by atoms with Crippen molar-refractivity contribution in [3.8, 4) is 0 Å². The molecule has 0 amide bonds. The summed E-state index contributed by atoms with van der Waals surface area (Å²) in [7, 11) is 0. The SMILES string of the molecule is C1CCN(C2(CNC3CCSCC3)CCCCC2)CC1. The molecule has 3 rings (SSSR count). The molecular formula is C17H32N2S. The number of likely N-dealkylation sites (tertiary alicyclic amines) is 1. The molecule has 1 N–H and O–H groups in total. The third-order valence-electron chi connectivity index (χ3n) is 5.75. The van der Waals surface area contributed by atoms with Crippen molar-refractivity contribution in [2.24, 2.45) is 0 Å². The highest BCUT2D eigenvalue weighted by molar-refractivity contribution is 7.99. The Morgan fingerprint density at radius 3 is 2.25 bits per heavy atom. The summed E-state index contributed by atoms with van der Waals surface area (Å²) in [6.45, 7) is 3.99. The van der Waals surface area contributed by atoms with E-state index in [-0.39, 0.29) is 0 Å². The standard InChI is InChI=1S/C17H32N2S/c1-3-9-17(10-4-1,19-11-5-2-6-12-19)15-18-16-7-13-20-14-8-16/h16,18H,1-15H2. The van der Waals surface area contributed by atoms with E-state index in [9.17, 15) is 0 Å². The zero-order valence-corrected chi connectivity index (χ0v) is 13.9. The lowest BCUT2D eigenvalue weighted by Gasteiger charge is -2.49. The summed E-state index contributed by atoms with van der Waals surface area (Å²) < 4.78 is 0. The van der Waals surface area contributed by atoms with Crippen LogP contribution in [0.5, 0.6) is 0 Å². The second-order valence-corrected chi connectivity index (χ2v) is 8.33. The van der Waals surface area contributed by atoms with Crippen molar-refractivity contribution in [1.29, 1.82) is 0 Å². The molecule has 0 aromatic heterocycles. The van der Waals surface area contributed by atoms with Crippen molar-refractivity contribution in [3.05, 3.63) is 0 Å². The molecular weight excluding hydrogens is 264 g/mol. The van der Waals surface area contributed by atoms with Gasteiger partial charge in [0.05, 0.1) is 0 Å². The third kappa shape index (κ3) is 3.72. The molecule has 1 saturated carbocycles. The van der Waals surface area contributed by atoms with E-state index in [0.717, 1.165) is 6.04 Å². The molecule has 0 radical (unpaired) electrons. The predicted molar refractivity (Wildman–Crippen MR) is 89.6 cm³/mol. The van der Waals surface area contributed by atoms with Crippen LogP contribution in [-0.4, -0.2) is 47.6 Å². The lowest BCUT2D eigenvalue weighted by atomic mass is 9.79. The van der Waals surface area contributed by atoms with Crippen LogP contribution in [0.4, 0.5) is 0 Å². The minimum atomic E-state index is 0.517. The third-order valence-corrected chi connectivity index (χ3v) is 6.80. The molecule has 3 aliphatic rings. The smallest absolute Gasteiger partial charge is 0.0334 e. The molecule has 20 heavy (non-hydrogen) atoms. The fraction of sp³-hybridized carbons (Fsp3) is 1.00. The van der Waals surface area contributed by atoms with Gasteiger partial charge in [-0.2, -0.15) is 11.8 Å². The lowest BCUT2D eigenvalue weighted by molar-refractivity contribution is 0.0312. The Bertz CT molecular complexity index is 277. The summed E-state index contributed by atoms with van der Waals surface area (Å²) >= 11 is 2.14. The molecule has 0 aromatic carbocycles. The van der Waals surface area contributed by atoms with Gasteiger partial charge in [-0.25, -0.2) is 0 Å². The number of thioether (sulfide) groups is 1. The topological polar surface area (TPSA) is 15.3 Å². The number of nitrogens with zero attached hydrogens (tertiary/aromatic N) is 1. The highest BCUT2D eigenvalue weighted by atomic mass is 32.2. The lowest BCUT2D eigenvalue weighted by Crippen LogP contribution is -2.58. The van der Waals surface area contributed by atoms with Crippen LogP contribution < -0.4 is 5.32 Å². The van der Waals surface area contributed by atoms with Crippen molar-refractivity contribution in [2.45, 2.75) is 75.8 Å². The molecule has 2 saturated heterocycles. The molecule has 116 valence electrons. The highest BCUT2D eigenvalue weighted by Gasteiger charge is 2.38. The average molecular weight is 297 g/mol. The van der Waals surface area contributed by atoms with Gasteiger partial charge in [0.1, 0.15) is 0 Å². The van der Waals surface area contributed by atoms with Gasteiger partial charge in [-0.15, -0.1) is 0 Å². The van der Waals surface area contributed by atoms with Gasteiger partial charge in [0.2, 0.25) is 0 Å². The minimum Gasteiger partial charge on any atom is -0.312 e. The fourth-order valence-corrected chi connectivity index (χ4v) is 5.53. The molecule has 2 aliphatic heterocycles. The first-order valence-electron chi connectivity index (χ1n) is 8.95. The predicted octanol–water partition coefficient (Wildman–Crippen LogP) is 3.66. The van der Waals surface area contributed by atoms with Crippen molar-refractivity contribution in [1.82, 2.24) is 10.2 Å². The Morgan fingerprint density at radius 1 is 0.900 bits per heavy atom. The maximum atomic E-state index is 3.97. The minimum absolute atomic E-state index is 0.517. The molecule has 0 spiro atoms. The van der Waals surface area contributed by atoms with E-state index >= 15 is 0 Å². The van der Waals surface area contributed by atoms with Crippen molar-refractivity contribution in [2.75, 3.05) is 31.1 Å². The zero-order valence-electron chi connectivity index (χ0n) is 13.0. The highest BCUT2D eigenvalue weighted by Crippen LogP contribution is 2.35. The zero-order chi connectivity index (χ0) is 13.7. The van der Waals surface area contributed by atoms with Crippen molar-refractivity contribution >= 4 is 11.8 Å². The number of nitrogens with one attached hydrogen (secondary N) is 1. The molecule has 0 aromatic rings. The maximum absolute atomic E-state index is 3.97. The number of hydrogen-bond acceptors (Lipinski definition) is 3. The van der Waals surface area contributed by atoms with E-state index in [1.54, 1.807) is 0 Å². The van der Waals surface area contributed by atoms with Crippen LogP contribution in [-0.2, 0) is 0 Å². The van der Waals surface area contributed by atoms with Crippen molar-refractivity contribution < 1.29 is 0 Å². The summed E-state index contributed by atoms with van der Waals surface area (Å²) in [6, 6.07) is 0.805. The Balaban J connectivity index is 1.59. The van der Waals surface area contributed by atoms with Crippen molar-refractivity contribution in [3.63, 3.8) is 0 Å². The second kappa shape index (κ2) is 7.51. The van der Waals surface area contributed by atoms with Gasteiger partial charge in [-0.3, -0.25) is 4.90 Å². The molecule has 1 aliphatic carbocycles. The number of hydrogen-bond donors (Lipinski definition) is 1. The van der Waals surface area contributed by atoms with Crippen LogP contribution in [0.1, 0.15) is 64.2 Å². The number of piperidine rings is 1. The Labute approximate surface area is 129 Å². The van der Waals surface area contributed by atoms with Gasteiger partial charge in [0.15, 0.2) is 0 Å². The summed E-state index contributed by atoms with van der Waals surface area (Å²) in [5.74, 6) is 2.74. The Kier molecular flexibility index (Phi) is 5.70. The maximum Gasteiger partial charge on any atom is 0.0334 e. The fourth-order valence-electron chi connectivity index (χ4n) is 4.42. The van der Waals surface area contributed by atoms with Crippen LogP contribution in [0.2, 0.25) is 0 Å². The van der Waals surface area contributed by atoms with Gasteiger partial charge >= 0.3 is 0 Å². The molecule has 3 heteroatoms. The molecule has 2 nitrogen and oxygen atoms in total. The van der Waals surface area contributed by atoms with Crippen LogP contribution in [0.25, 0.3) is 0 Å². The summed E-state index contributed by atoms with van der Waals surface area (Å²) in [6.07, 6.45) is 14.4. The normalized spacial score (nSPS) is 29.4. The van der Waals surface area contributed by atoms with Gasteiger partial charge in [0, 0.05) is 18.1 Å². The van der Waals surface area contributed by atoms with E-state index in [1.807, 2.05) is 0 Å². The van der Waals surface area contributed by atoms with Crippen LogP contribution >= 0.6 is 11.8 Å². The van der Waals surface area contributed by atoms with Gasteiger partial charge in [0.25, 0.3) is 0 Å². The molecule has 0 bridgehead atoms. The Hall–Kier alpha value is 0.270. The Morgan fingerprint density at radius 2 is 1.55 bits per heavy atom. The first kappa shape index (κ1) is 15.2. The molecule has 3 fully saturated rings. The van der Waals surface area contributed by atoms with E-state index in [0.29, 0.717) is 5.54 Å². The van der Waals surface area contributed by atoms with E-state index in [4.69, 9.17) is 0 Å². The van der Waals surface area contributed by atoms with Crippen LogP contribution in [0.3, 0.4) is 0 Å². The first-order valence-corrected chi connectivity index (χ1v) is 10.1. The van der Waals surface area contributed by atoms with Gasteiger partial charge in [-0.05, 0) is 63.1 Å². The van der Waals surface area contributed by atoms with E-state index in [2.05, 4.69) is 22.0 Å². The van der Waals surface area contributed by atoms with E-state index in [1.165, 1.54) is 95.3 Å². The first-order chi connectivity index (χ1) is 9.89. The molecule has 0 unspecified atom stereocenters. The van der Waals surface area contributed by atoms with Gasteiger partial charge < -0.3 is 5.32 Å².